The average Bonchev–Trinajstić information content (AvgIpc) is 3.22. The van der Waals surface area contributed by atoms with Crippen molar-refractivity contribution in [3.63, 3.8) is 0 Å². The second-order valence-corrected chi connectivity index (χ2v) is 8.51. The first-order valence-electron chi connectivity index (χ1n) is 9.14. The number of thiophene rings is 1. The zero-order valence-corrected chi connectivity index (χ0v) is 17.6. The third kappa shape index (κ3) is 4.43. The Morgan fingerprint density at radius 1 is 1.18 bits per heavy atom. The summed E-state index contributed by atoms with van der Waals surface area (Å²) in [6.07, 6.45) is -2.48. The number of hydrogen-bond donors (Lipinski definition) is 0. The topological polar surface area (TPSA) is 30.7 Å². The summed E-state index contributed by atoms with van der Waals surface area (Å²) in [6, 6.07) is 5.45. The lowest BCUT2D eigenvalue weighted by Crippen LogP contribution is -2.05. The quantitative estimate of drug-likeness (QED) is 0.400. The molecule has 1 aromatic carbocycles. The summed E-state index contributed by atoms with van der Waals surface area (Å²) in [4.78, 5) is 1.28. The van der Waals surface area contributed by atoms with Crippen LogP contribution < -0.4 is 0 Å². The van der Waals surface area contributed by atoms with Gasteiger partial charge in [0, 0.05) is 28.1 Å². The van der Waals surface area contributed by atoms with Gasteiger partial charge in [0.1, 0.15) is 0 Å². The van der Waals surface area contributed by atoms with Crippen molar-refractivity contribution in [2.24, 2.45) is 0 Å². The largest absolute Gasteiger partial charge is 0.416 e. The predicted molar refractivity (Wildman–Crippen MR) is 109 cm³/mol. The first kappa shape index (κ1) is 20.9. The molecule has 0 spiro atoms. The minimum atomic E-state index is -4.33. The van der Waals surface area contributed by atoms with Crippen LogP contribution in [0.3, 0.4) is 0 Å². The molecular formula is C20H22F3N3S2. The van der Waals surface area contributed by atoms with Gasteiger partial charge < -0.3 is 4.57 Å². The standard InChI is InChI=1S/C20H22F3N3S2/c1-4-9-26-18(17-12-27-13(3)16(17)5-2)24-25-19(26)28-11-14-7-6-8-15(10-14)20(21,22)23/h6-8,10,12H,4-5,9,11H2,1-3H3. The zero-order valence-electron chi connectivity index (χ0n) is 16.0. The maximum Gasteiger partial charge on any atom is 0.416 e. The molecule has 2 heterocycles. The van der Waals surface area contributed by atoms with Gasteiger partial charge in [-0.3, -0.25) is 0 Å². The molecule has 0 aliphatic carbocycles. The van der Waals surface area contributed by atoms with Crippen molar-refractivity contribution in [3.05, 3.63) is 51.2 Å². The third-order valence-electron chi connectivity index (χ3n) is 4.48. The van der Waals surface area contributed by atoms with Gasteiger partial charge in [0.2, 0.25) is 0 Å². The summed E-state index contributed by atoms with van der Waals surface area (Å²) in [5.74, 6) is 1.25. The van der Waals surface area contributed by atoms with E-state index in [1.165, 1.54) is 34.3 Å². The first-order chi connectivity index (χ1) is 13.3. The minimum absolute atomic E-state index is 0.412. The smallest absolute Gasteiger partial charge is 0.302 e. The molecule has 0 unspecified atom stereocenters. The lowest BCUT2D eigenvalue weighted by molar-refractivity contribution is -0.137. The van der Waals surface area contributed by atoms with Crippen LogP contribution in [0.15, 0.2) is 34.8 Å². The highest BCUT2D eigenvalue weighted by molar-refractivity contribution is 7.98. The molecule has 0 saturated carbocycles. The average molecular weight is 426 g/mol. The summed E-state index contributed by atoms with van der Waals surface area (Å²) in [7, 11) is 0. The number of rotatable bonds is 7. The van der Waals surface area contributed by atoms with Crippen molar-refractivity contribution in [2.45, 2.75) is 57.2 Å². The summed E-state index contributed by atoms with van der Waals surface area (Å²) in [5, 5.41) is 11.6. The normalized spacial score (nSPS) is 11.9. The molecule has 0 N–H and O–H groups in total. The number of aromatic nitrogens is 3. The van der Waals surface area contributed by atoms with Gasteiger partial charge >= 0.3 is 6.18 Å². The van der Waals surface area contributed by atoms with Crippen LogP contribution in [0.1, 0.15) is 41.8 Å². The number of aryl methyl sites for hydroxylation is 1. The fourth-order valence-electron chi connectivity index (χ4n) is 3.11. The monoisotopic (exact) mass is 425 g/mol. The van der Waals surface area contributed by atoms with Gasteiger partial charge in [0.05, 0.1) is 5.56 Å². The van der Waals surface area contributed by atoms with Crippen molar-refractivity contribution in [1.29, 1.82) is 0 Å². The van der Waals surface area contributed by atoms with Gasteiger partial charge in [-0.1, -0.05) is 43.8 Å². The lowest BCUT2D eigenvalue weighted by atomic mass is 10.1. The number of alkyl halides is 3. The molecule has 0 amide bonds. The van der Waals surface area contributed by atoms with Gasteiger partial charge in [-0.15, -0.1) is 21.5 Å². The molecule has 28 heavy (non-hydrogen) atoms. The maximum atomic E-state index is 12.9. The first-order valence-corrected chi connectivity index (χ1v) is 11.0. The van der Waals surface area contributed by atoms with E-state index in [4.69, 9.17) is 0 Å². The fraction of sp³-hybridized carbons (Fsp3) is 0.400. The highest BCUT2D eigenvalue weighted by atomic mass is 32.2. The second kappa shape index (κ2) is 8.69. The molecule has 150 valence electrons. The van der Waals surface area contributed by atoms with Gasteiger partial charge in [-0.05, 0) is 37.0 Å². The molecular weight excluding hydrogens is 403 g/mol. The van der Waals surface area contributed by atoms with Crippen LogP contribution in [-0.2, 0) is 24.9 Å². The van der Waals surface area contributed by atoms with Gasteiger partial charge in [0.15, 0.2) is 11.0 Å². The predicted octanol–water partition coefficient (Wildman–Crippen LogP) is 6.60. The highest BCUT2D eigenvalue weighted by Crippen LogP contribution is 2.34. The minimum Gasteiger partial charge on any atom is -0.302 e. The molecule has 8 heteroatoms. The SMILES string of the molecule is CCCn1c(SCc2cccc(C(F)(F)F)c2)nnc1-c1csc(C)c1CC. The molecule has 0 atom stereocenters. The van der Waals surface area contributed by atoms with Crippen molar-refractivity contribution >= 4 is 23.1 Å². The van der Waals surface area contributed by atoms with Gasteiger partial charge in [-0.2, -0.15) is 13.2 Å². The molecule has 0 bridgehead atoms. The summed E-state index contributed by atoms with van der Waals surface area (Å²) < 4.78 is 40.9. The molecule has 2 aromatic heterocycles. The van der Waals surface area contributed by atoms with E-state index in [0.717, 1.165) is 42.0 Å². The molecule has 0 saturated heterocycles. The Morgan fingerprint density at radius 2 is 1.96 bits per heavy atom. The van der Waals surface area contributed by atoms with E-state index in [1.807, 2.05) is 0 Å². The third-order valence-corrected chi connectivity index (χ3v) is 6.48. The van der Waals surface area contributed by atoms with Crippen LogP contribution in [0, 0.1) is 6.92 Å². The van der Waals surface area contributed by atoms with Crippen LogP contribution in [0.4, 0.5) is 13.2 Å². The van der Waals surface area contributed by atoms with Crippen molar-refractivity contribution in [2.75, 3.05) is 0 Å². The van der Waals surface area contributed by atoms with Crippen LogP contribution in [-0.4, -0.2) is 14.8 Å². The van der Waals surface area contributed by atoms with Crippen LogP contribution in [0.2, 0.25) is 0 Å². The second-order valence-electron chi connectivity index (χ2n) is 6.48. The van der Waals surface area contributed by atoms with Crippen LogP contribution in [0.25, 0.3) is 11.4 Å². The van der Waals surface area contributed by atoms with Crippen LogP contribution >= 0.6 is 23.1 Å². The van der Waals surface area contributed by atoms with E-state index in [9.17, 15) is 13.2 Å². The van der Waals surface area contributed by atoms with Crippen molar-refractivity contribution < 1.29 is 13.2 Å². The summed E-state index contributed by atoms with van der Waals surface area (Å²) in [6.45, 7) is 7.09. The van der Waals surface area contributed by atoms with Crippen molar-refractivity contribution in [3.8, 4) is 11.4 Å². The lowest BCUT2D eigenvalue weighted by Gasteiger charge is -2.10. The Morgan fingerprint density at radius 3 is 2.64 bits per heavy atom. The molecule has 3 nitrogen and oxygen atoms in total. The van der Waals surface area contributed by atoms with E-state index in [2.05, 4.69) is 40.9 Å². The molecule has 0 aliphatic rings. The Kier molecular flexibility index (Phi) is 6.50. The van der Waals surface area contributed by atoms with E-state index >= 15 is 0 Å². The molecule has 0 radical (unpaired) electrons. The molecule has 0 aliphatic heterocycles. The number of halogens is 3. The van der Waals surface area contributed by atoms with Gasteiger partial charge in [-0.25, -0.2) is 0 Å². The maximum absolute atomic E-state index is 12.9. The van der Waals surface area contributed by atoms with Gasteiger partial charge in [0.25, 0.3) is 0 Å². The van der Waals surface area contributed by atoms with Crippen LogP contribution in [0.5, 0.6) is 0 Å². The van der Waals surface area contributed by atoms with E-state index in [-0.39, 0.29) is 0 Å². The number of benzene rings is 1. The number of hydrogen-bond acceptors (Lipinski definition) is 4. The highest BCUT2D eigenvalue weighted by Gasteiger charge is 2.30. The van der Waals surface area contributed by atoms with Crippen molar-refractivity contribution in [1.82, 2.24) is 14.8 Å². The van der Waals surface area contributed by atoms with E-state index in [1.54, 1.807) is 17.4 Å². The summed E-state index contributed by atoms with van der Waals surface area (Å²) >= 11 is 3.13. The summed E-state index contributed by atoms with van der Waals surface area (Å²) in [5.41, 5.74) is 2.39. The zero-order chi connectivity index (χ0) is 20.3. The molecule has 3 rings (SSSR count). The molecule has 3 aromatic rings. The Hall–Kier alpha value is -1.80. The Labute approximate surface area is 171 Å². The number of thioether (sulfide) groups is 1. The fourth-order valence-corrected chi connectivity index (χ4v) is 4.96. The molecule has 0 fully saturated rings. The van der Waals surface area contributed by atoms with E-state index in [0.29, 0.717) is 11.3 Å². The Bertz CT molecular complexity index is 945. The Balaban J connectivity index is 1.86. The van der Waals surface area contributed by atoms with E-state index < -0.39 is 11.7 Å². The number of nitrogens with zero attached hydrogens (tertiary/aromatic N) is 3.